The quantitative estimate of drug-likeness (QED) is 0.657. The van der Waals surface area contributed by atoms with Crippen LogP contribution < -0.4 is 9.47 Å². The second-order valence-electron chi connectivity index (χ2n) is 4.11. The Bertz CT molecular complexity index is 617. The highest BCUT2D eigenvalue weighted by atomic mass is 79.9. The van der Waals surface area contributed by atoms with Crippen LogP contribution in [0.4, 0.5) is 0 Å². The number of ether oxygens (including phenoxy) is 2. The van der Waals surface area contributed by atoms with E-state index in [4.69, 9.17) is 32.7 Å². The van der Waals surface area contributed by atoms with Gasteiger partial charge in [-0.2, -0.15) is 0 Å². The van der Waals surface area contributed by atoms with E-state index in [0.29, 0.717) is 10.0 Å². The third-order valence-corrected chi connectivity index (χ3v) is 4.78. The maximum Gasteiger partial charge on any atom is 0.123 e. The molecule has 0 saturated heterocycles. The number of hydrogen-bond acceptors (Lipinski definition) is 2. The molecule has 2 aromatic rings. The van der Waals surface area contributed by atoms with Gasteiger partial charge < -0.3 is 9.47 Å². The minimum Gasteiger partial charge on any atom is -0.497 e. The molecule has 0 fully saturated rings. The van der Waals surface area contributed by atoms with Crippen molar-refractivity contribution < 1.29 is 9.47 Å². The van der Waals surface area contributed by atoms with Crippen molar-refractivity contribution in [3.05, 3.63) is 57.6 Å². The smallest absolute Gasteiger partial charge is 0.123 e. The number of methoxy groups -OCH3 is 2. The molecule has 2 rings (SSSR count). The Kier molecular flexibility index (Phi) is 5.19. The van der Waals surface area contributed by atoms with Gasteiger partial charge in [0.1, 0.15) is 11.5 Å². The highest BCUT2D eigenvalue weighted by Gasteiger charge is 2.19. The predicted molar refractivity (Wildman–Crippen MR) is 86.8 cm³/mol. The highest BCUT2D eigenvalue weighted by molar-refractivity contribution is 9.09. The second-order valence-corrected chi connectivity index (χ2v) is 5.81. The Hall–Kier alpha value is -0.900. The van der Waals surface area contributed by atoms with Crippen LogP contribution in [0.3, 0.4) is 0 Å². The SMILES string of the molecule is COc1ccc(OC)c(C(Br)c2cccc(Cl)c2Cl)c1. The monoisotopic (exact) mass is 374 g/mol. The standard InChI is InChI=1S/C15H13BrCl2O2/c1-19-9-6-7-13(20-2)11(8-9)14(16)10-4-3-5-12(17)15(10)18/h3-8,14H,1-2H3. The maximum absolute atomic E-state index is 6.27. The van der Waals surface area contributed by atoms with E-state index >= 15 is 0 Å². The first-order valence-electron chi connectivity index (χ1n) is 5.88. The number of rotatable bonds is 4. The number of hydrogen-bond donors (Lipinski definition) is 0. The lowest BCUT2D eigenvalue weighted by atomic mass is 10.0. The van der Waals surface area contributed by atoms with Crippen molar-refractivity contribution >= 4 is 39.1 Å². The van der Waals surface area contributed by atoms with Gasteiger partial charge in [-0.15, -0.1) is 0 Å². The van der Waals surface area contributed by atoms with E-state index in [9.17, 15) is 0 Å². The molecule has 0 aliphatic carbocycles. The number of halogens is 3. The van der Waals surface area contributed by atoms with Gasteiger partial charge in [0.05, 0.1) is 29.1 Å². The van der Waals surface area contributed by atoms with Crippen molar-refractivity contribution in [2.45, 2.75) is 4.83 Å². The van der Waals surface area contributed by atoms with Crippen LogP contribution in [0.1, 0.15) is 16.0 Å². The molecule has 1 atom stereocenters. The Labute approximate surface area is 136 Å². The topological polar surface area (TPSA) is 18.5 Å². The van der Waals surface area contributed by atoms with E-state index in [-0.39, 0.29) is 4.83 Å². The lowest BCUT2D eigenvalue weighted by Crippen LogP contribution is -1.99. The van der Waals surface area contributed by atoms with Crippen LogP contribution in [0.25, 0.3) is 0 Å². The Balaban J connectivity index is 2.51. The van der Waals surface area contributed by atoms with Gasteiger partial charge in [-0.1, -0.05) is 51.3 Å². The third kappa shape index (κ3) is 3.05. The lowest BCUT2D eigenvalue weighted by Gasteiger charge is -2.17. The summed E-state index contributed by atoms with van der Waals surface area (Å²) in [4.78, 5) is -0.140. The van der Waals surface area contributed by atoms with Crippen molar-refractivity contribution in [3.8, 4) is 11.5 Å². The van der Waals surface area contributed by atoms with Gasteiger partial charge in [0.25, 0.3) is 0 Å². The molecule has 0 spiro atoms. The van der Waals surface area contributed by atoms with E-state index < -0.39 is 0 Å². The summed E-state index contributed by atoms with van der Waals surface area (Å²) in [7, 11) is 3.26. The van der Waals surface area contributed by atoms with E-state index in [1.165, 1.54) is 0 Å². The van der Waals surface area contributed by atoms with Crippen LogP contribution in [0, 0.1) is 0 Å². The summed E-state index contributed by atoms with van der Waals surface area (Å²) in [6.45, 7) is 0. The Morgan fingerprint density at radius 1 is 1.00 bits per heavy atom. The molecule has 0 heterocycles. The molecule has 0 N–H and O–H groups in total. The van der Waals surface area contributed by atoms with E-state index in [1.54, 1.807) is 20.3 Å². The van der Waals surface area contributed by atoms with Crippen LogP contribution in [0.15, 0.2) is 36.4 Å². The first-order chi connectivity index (χ1) is 9.58. The molecule has 0 aliphatic heterocycles. The average Bonchev–Trinajstić information content (AvgIpc) is 2.48. The van der Waals surface area contributed by atoms with Crippen LogP contribution in [0.2, 0.25) is 10.0 Å². The van der Waals surface area contributed by atoms with E-state index in [1.807, 2.05) is 30.3 Å². The summed E-state index contributed by atoms with van der Waals surface area (Å²) in [6.07, 6.45) is 0. The fraction of sp³-hybridized carbons (Fsp3) is 0.200. The summed E-state index contributed by atoms with van der Waals surface area (Å²) in [5.41, 5.74) is 1.81. The fourth-order valence-corrected chi connectivity index (χ4v) is 3.21. The normalized spacial score (nSPS) is 12.1. The van der Waals surface area contributed by atoms with Gasteiger partial charge in [-0.25, -0.2) is 0 Å². The summed E-state index contributed by atoms with van der Waals surface area (Å²) in [6, 6.07) is 11.2. The molecule has 0 bridgehead atoms. The molecule has 2 aromatic carbocycles. The van der Waals surface area contributed by atoms with Crippen molar-refractivity contribution in [3.63, 3.8) is 0 Å². The van der Waals surface area contributed by atoms with E-state index in [0.717, 1.165) is 22.6 Å². The summed E-state index contributed by atoms with van der Waals surface area (Å²) in [5, 5.41) is 1.05. The molecule has 5 heteroatoms. The molecular formula is C15H13BrCl2O2. The largest absolute Gasteiger partial charge is 0.497 e. The van der Waals surface area contributed by atoms with Crippen LogP contribution >= 0.6 is 39.1 Å². The first-order valence-corrected chi connectivity index (χ1v) is 7.55. The van der Waals surface area contributed by atoms with Gasteiger partial charge in [-0.05, 0) is 29.8 Å². The number of alkyl halides is 1. The zero-order valence-corrected chi connectivity index (χ0v) is 14.1. The Morgan fingerprint density at radius 2 is 1.75 bits per heavy atom. The molecule has 0 saturated carbocycles. The first kappa shape index (κ1) is 15.5. The van der Waals surface area contributed by atoms with Gasteiger partial charge in [0.15, 0.2) is 0 Å². The van der Waals surface area contributed by atoms with Crippen LogP contribution in [0.5, 0.6) is 11.5 Å². The van der Waals surface area contributed by atoms with Gasteiger partial charge >= 0.3 is 0 Å². The zero-order valence-electron chi connectivity index (χ0n) is 11.0. The molecule has 0 aliphatic rings. The molecular weight excluding hydrogens is 363 g/mol. The summed E-state index contributed by atoms with van der Waals surface area (Å²) in [5.74, 6) is 1.51. The van der Waals surface area contributed by atoms with Gasteiger partial charge in [0, 0.05) is 5.56 Å². The van der Waals surface area contributed by atoms with Crippen LogP contribution in [-0.2, 0) is 0 Å². The van der Waals surface area contributed by atoms with Crippen molar-refractivity contribution in [1.82, 2.24) is 0 Å². The molecule has 20 heavy (non-hydrogen) atoms. The zero-order chi connectivity index (χ0) is 14.7. The molecule has 2 nitrogen and oxygen atoms in total. The summed E-state index contributed by atoms with van der Waals surface area (Å²) >= 11 is 16.0. The molecule has 1 unspecified atom stereocenters. The lowest BCUT2D eigenvalue weighted by molar-refractivity contribution is 0.399. The molecule has 0 radical (unpaired) electrons. The van der Waals surface area contributed by atoms with Crippen molar-refractivity contribution in [2.24, 2.45) is 0 Å². The molecule has 0 aromatic heterocycles. The van der Waals surface area contributed by atoms with Gasteiger partial charge in [0.2, 0.25) is 0 Å². The fourth-order valence-electron chi connectivity index (χ4n) is 1.92. The van der Waals surface area contributed by atoms with Crippen molar-refractivity contribution in [2.75, 3.05) is 14.2 Å². The Morgan fingerprint density at radius 3 is 2.40 bits per heavy atom. The predicted octanol–water partition coefficient (Wildman–Crippen LogP) is 5.49. The summed E-state index contributed by atoms with van der Waals surface area (Å²) < 4.78 is 10.7. The molecule has 0 amide bonds. The minimum atomic E-state index is -0.140. The minimum absolute atomic E-state index is 0.140. The van der Waals surface area contributed by atoms with E-state index in [2.05, 4.69) is 15.9 Å². The average molecular weight is 376 g/mol. The third-order valence-electron chi connectivity index (χ3n) is 2.96. The van der Waals surface area contributed by atoms with Gasteiger partial charge in [-0.3, -0.25) is 0 Å². The van der Waals surface area contributed by atoms with Crippen LogP contribution in [-0.4, -0.2) is 14.2 Å². The second kappa shape index (κ2) is 6.70. The molecule has 106 valence electrons. The number of benzene rings is 2. The highest BCUT2D eigenvalue weighted by Crippen LogP contribution is 2.42. The maximum atomic E-state index is 6.27. The van der Waals surface area contributed by atoms with Crippen molar-refractivity contribution in [1.29, 1.82) is 0 Å².